The molecule has 2 aliphatic rings. The van der Waals surface area contributed by atoms with Crippen LogP contribution in [0.25, 0.3) is 11.1 Å². The Morgan fingerprint density at radius 1 is 0.750 bits per heavy atom. The molecule has 3 rings (SSSR count). The van der Waals surface area contributed by atoms with Crippen molar-refractivity contribution in [2.45, 2.75) is 38.9 Å². The van der Waals surface area contributed by atoms with E-state index in [0.717, 1.165) is 5.56 Å². The average Bonchev–Trinajstić information content (AvgIpc) is 3.07. The molecule has 0 atom stereocenters. The monoisotopic (exact) mass is 268 g/mol. The fourth-order valence-electron chi connectivity index (χ4n) is 2.42. The Labute approximate surface area is 120 Å². The van der Waals surface area contributed by atoms with E-state index in [1.54, 1.807) is 0 Å². The highest BCUT2D eigenvalue weighted by Gasteiger charge is 2.34. The van der Waals surface area contributed by atoms with Crippen LogP contribution in [0, 0.1) is 0 Å². The Hall–Kier alpha value is -1.64. The molecule has 104 valence electrons. The Morgan fingerprint density at radius 3 is 1.95 bits per heavy atom. The molecule has 0 aliphatic heterocycles. The van der Waals surface area contributed by atoms with Crippen molar-refractivity contribution in [3.63, 3.8) is 0 Å². The van der Waals surface area contributed by atoms with Crippen molar-refractivity contribution in [2.75, 3.05) is 0 Å². The number of rotatable bonds is 5. The Morgan fingerprint density at radius 2 is 1.40 bits per heavy atom. The predicted octanol–water partition coefficient (Wildman–Crippen LogP) is 4.79. The molecule has 1 aromatic rings. The van der Waals surface area contributed by atoms with Crippen molar-refractivity contribution in [1.82, 2.24) is 0 Å². The van der Waals surface area contributed by atoms with Gasteiger partial charge in [0.2, 0.25) is 0 Å². The summed E-state index contributed by atoms with van der Waals surface area (Å²) in [4.78, 5) is 11.6. The lowest BCUT2D eigenvalue weighted by atomic mass is 9.98. The lowest BCUT2D eigenvalue weighted by Crippen LogP contribution is -2.29. The van der Waals surface area contributed by atoms with Crippen LogP contribution in [-0.2, 0) is 21.0 Å². The van der Waals surface area contributed by atoms with Crippen LogP contribution >= 0.6 is 0 Å². The maximum Gasteiger partial charge on any atom is 0.123 e. The Kier molecular flexibility index (Phi) is 2.96. The molecule has 0 aromatic heterocycles. The van der Waals surface area contributed by atoms with E-state index in [2.05, 4.69) is 18.2 Å². The summed E-state index contributed by atoms with van der Waals surface area (Å²) in [6.45, 7) is 8.11. The second-order valence-electron chi connectivity index (χ2n) is 6.31. The molecule has 0 saturated carbocycles. The van der Waals surface area contributed by atoms with Crippen LogP contribution in [0.3, 0.4) is 0 Å². The molecule has 0 bridgehead atoms. The van der Waals surface area contributed by atoms with E-state index in [9.17, 15) is 0 Å². The maximum atomic E-state index is 5.79. The molecule has 20 heavy (non-hydrogen) atoms. The molecule has 0 unspecified atom stereocenters. The first-order valence-electron chi connectivity index (χ1n) is 6.97. The smallest absolute Gasteiger partial charge is 0.123 e. The molecule has 0 fully saturated rings. The highest BCUT2D eigenvalue weighted by Crippen LogP contribution is 2.45. The minimum Gasteiger partial charge on any atom is -0.225 e. The fourth-order valence-corrected chi connectivity index (χ4v) is 2.42. The third kappa shape index (κ3) is 2.37. The fraction of sp³-hybridized carbons (Fsp3) is 0.333. The summed E-state index contributed by atoms with van der Waals surface area (Å²) >= 11 is 0. The summed E-state index contributed by atoms with van der Waals surface area (Å²) in [6.07, 6.45) is 0. The standard InChI is InChI=1S/C18H20O2/c1-17(2,14-8-6-5-7-9-14)19-20-18(3,4)16-11-10-13-12-15(13)16/h5-12H,1-4H3. The van der Waals surface area contributed by atoms with E-state index in [0.29, 0.717) is 0 Å². The zero-order chi connectivity index (χ0) is 14.4. The van der Waals surface area contributed by atoms with Gasteiger partial charge in [-0.3, -0.25) is 0 Å². The van der Waals surface area contributed by atoms with Crippen molar-refractivity contribution >= 4 is 0 Å². The number of hydrogen-bond acceptors (Lipinski definition) is 2. The first-order valence-corrected chi connectivity index (χ1v) is 6.97. The minimum atomic E-state index is -0.480. The Balaban J connectivity index is 1.71. The van der Waals surface area contributed by atoms with Gasteiger partial charge in [-0.15, -0.1) is 0 Å². The molecule has 0 N–H and O–H groups in total. The van der Waals surface area contributed by atoms with Crippen molar-refractivity contribution in [3.8, 4) is 11.1 Å². The van der Waals surface area contributed by atoms with Gasteiger partial charge in [0.05, 0.1) is 0 Å². The molecule has 0 amide bonds. The molecule has 2 nitrogen and oxygen atoms in total. The Bertz CT molecular complexity index is 627. The van der Waals surface area contributed by atoms with E-state index in [4.69, 9.17) is 9.78 Å². The summed E-state index contributed by atoms with van der Waals surface area (Å²) in [5, 5.41) is 0. The minimum absolute atomic E-state index is 0.452. The molecular weight excluding hydrogens is 248 g/mol. The summed E-state index contributed by atoms with van der Waals surface area (Å²) < 4.78 is 0. The van der Waals surface area contributed by atoms with Crippen LogP contribution in [0.5, 0.6) is 0 Å². The molecule has 0 spiro atoms. The van der Waals surface area contributed by atoms with Gasteiger partial charge in [0.25, 0.3) is 0 Å². The van der Waals surface area contributed by atoms with Gasteiger partial charge in [-0.2, -0.15) is 0 Å². The summed E-state index contributed by atoms with van der Waals surface area (Å²) in [5.74, 6) is 0. The van der Waals surface area contributed by atoms with Gasteiger partial charge in [-0.25, -0.2) is 9.78 Å². The summed E-state index contributed by atoms with van der Waals surface area (Å²) in [6, 6.07) is 16.5. The van der Waals surface area contributed by atoms with Crippen molar-refractivity contribution in [2.24, 2.45) is 0 Å². The van der Waals surface area contributed by atoms with E-state index in [1.165, 1.54) is 16.7 Å². The second-order valence-corrected chi connectivity index (χ2v) is 6.31. The zero-order valence-corrected chi connectivity index (χ0v) is 12.4. The normalized spacial score (nSPS) is 13.4. The highest BCUT2D eigenvalue weighted by molar-refractivity contribution is 5.85. The molecule has 2 heteroatoms. The van der Waals surface area contributed by atoms with Gasteiger partial charge in [-0.05, 0) is 56.0 Å². The van der Waals surface area contributed by atoms with Gasteiger partial charge < -0.3 is 0 Å². The number of fused-ring (bicyclic) bond motifs is 1. The topological polar surface area (TPSA) is 18.5 Å². The van der Waals surface area contributed by atoms with Crippen LogP contribution in [0.4, 0.5) is 0 Å². The quantitative estimate of drug-likeness (QED) is 0.489. The molecule has 1 aromatic carbocycles. The van der Waals surface area contributed by atoms with Crippen molar-refractivity contribution in [1.29, 1.82) is 0 Å². The second kappa shape index (κ2) is 4.44. The first-order chi connectivity index (χ1) is 9.40. The third-order valence-electron chi connectivity index (χ3n) is 3.82. The largest absolute Gasteiger partial charge is 0.225 e. The summed E-state index contributed by atoms with van der Waals surface area (Å²) in [7, 11) is 0. The predicted molar refractivity (Wildman–Crippen MR) is 80.1 cm³/mol. The van der Waals surface area contributed by atoms with E-state index < -0.39 is 11.2 Å². The number of hydrogen-bond donors (Lipinski definition) is 0. The molecule has 0 saturated heterocycles. The van der Waals surface area contributed by atoms with Gasteiger partial charge in [0, 0.05) is 0 Å². The van der Waals surface area contributed by atoms with Crippen LogP contribution < -0.4 is 0 Å². The van der Waals surface area contributed by atoms with Crippen LogP contribution in [0.15, 0.2) is 48.5 Å². The molecule has 0 heterocycles. The highest BCUT2D eigenvalue weighted by atomic mass is 17.2. The van der Waals surface area contributed by atoms with E-state index >= 15 is 0 Å². The third-order valence-corrected chi connectivity index (χ3v) is 3.82. The lowest BCUT2D eigenvalue weighted by Gasteiger charge is -2.31. The average molecular weight is 268 g/mol. The van der Waals surface area contributed by atoms with Crippen molar-refractivity contribution in [3.05, 3.63) is 59.7 Å². The van der Waals surface area contributed by atoms with Crippen LogP contribution in [0.2, 0.25) is 0 Å². The van der Waals surface area contributed by atoms with Gasteiger partial charge in [0.1, 0.15) is 11.2 Å². The van der Waals surface area contributed by atoms with E-state index in [-0.39, 0.29) is 0 Å². The van der Waals surface area contributed by atoms with E-state index in [1.807, 2.05) is 58.0 Å². The molecule has 0 radical (unpaired) electrons. The molecule has 2 aliphatic carbocycles. The number of benzene rings is 2. The van der Waals surface area contributed by atoms with Crippen LogP contribution in [0.1, 0.15) is 38.8 Å². The van der Waals surface area contributed by atoms with Crippen molar-refractivity contribution < 1.29 is 9.78 Å². The van der Waals surface area contributed by atoms with Gasteiger partial charge in [0.15, 0.2) is 0 Å². The van der Waals surface area contributed by atoms with Crippen LogP contribution in [-0.4, -0.2) is 0 Å². The first kappa shape index (κ1) is 13.3. The molecular formula is C18H20O2. The van der Waals surface area contributed by atoms with Gasteiger partial charge >= 0.3 is 0 Å². The summed E-state index contributed by atoms with van der Waals surface area (Å²) in [5.41, 5.74) is 3.98. The SMILES string of the molecule is CC(C)(OOC(C)(C)c1ccc2cc1-2)c1ccccc1. The van der Waals surface area contributed by atoms with Gasteiger partial charge in [-0.1, -0.05) is 42.5 Å². The zero-order valence-electron chi connectivity index (χ0n) is 12.4. The lowest BCUT2D eigenvalue weighted by molar-refractivity contribution is -0.409. The maximum absolute atomic E-state index is 5.79.